The van der Waals surface area contributed by atoms with Gasteiger partial charge in [-0.2, -0.15) is 0 Å². The molecule has 2 aromatic rings. The van der Waals surface area contributed by atoms with Crippen LogP contribution in [0.2, 0.25) is 0 Å². The fourth-order valence-corrected chi connectivity index (χ4v) is 2.89. The highest BCUT2D eigenvalue weighted by Gasteiger charge is 2.12. The van der Waals surface area contributed by atoms with Crippen LogP contribution in [0.25, 0.3) is 0 Å². The van der Waals surface area contributed by atoms with Crippen LogP contribution < -0.4 is 0 Å². The zero-order valence-electron chi connectivity index (χ0n) is 12.0. The normalized spacial score (nSPS) is 11.1. The standard InChI is InChI=1S/C16H24N2/c1-5-12-10-18-16(14(12)7-3)8-15-13(6-2)11(4)9-17-15/h9-10,17-18H,5-8H2,1-4H3. The quantitative estimate of drug-likeness (QED) is 0.798. The third kappa shape index (κ3) is 2.24. The molecule has 0 aliphatic rings. The number of hydrogen-bond donors (Lipinski definition) is 2. The second-order valence-electron chi connectivity index (χ2n) is 4.94. The highest BCUT2D eigenvalue weighted by molar-refractivity contribution is 5.37. The molecule has 0 atom stereocenters. The Kier molecular flexibility index (Phi) is 3.95. The summed E-state index contributed by atoms with van der Waals surface area (Å²) in [7, 11) is 0. The van der Waals surface area contributed by atoms with Crippen molar-refractivity contribution in [2.45, 2.75) is 53.4 Å². The van der Waals surface area contributed by atoms with Gasteiger partial charge in [-0.15, -0.1) is 0 Å². The minimum atomic E-state index is 1.00. The third-order valence-corrected chi connectivity index (χ3v) is 3.92. The summed E-state index contributed by atoms with van der Waals surface area (Å²) in [6.07, 6.45) is 8.64. The van der Waals surface area contributed by atoms with Gasteiger partial charge in [-0.05, 0) is 48.4 Å². The van der Waals surface area contributed by atoms with Crippen LogP contribution in [-0.2, 0) is 25.7 Å². The SMILES string of the molecule is CCc1c[nH]c(Cc2[nH]cc(C)c2CC)c1CC. The van der Waals surface area contributed by atoms with Crippen LogP contribution in [0.15, 0.2) is 12.4 Å². The molecule has 0 bridgehead atoms. The summed E-state index contributed by atoms with van der Waals surface area (Å²) in [4.78, 5) is 6.90. The first-order valence-electron chi connectivity index (χ1n) is 7.04. The monoisotopic (exact) mass is 244 g/mol. The molecule has 0 saturated heterocycles. The number of aromatic amines is 2. The van der Waals surface area contributed by atoms with Crippen LogP contribution >= 0.6 is 0 Å². The van der Waals surface area contributed by atoms with Crippen molar-refractivity contribution < 1.29 is 0 Å². The first kappa shape index (κ1) is 13.0. The minimum absolute atomic E-state index is 1.00. The highest BCUT2D eigenvalue weighted by atomic mass is 14.7. The lowest BCUT2D eigenvalue weighted by Crippen LogP contribution is -1.98. The van der Waals surface area contributed by atoms with E-state index >= 15 is 0 Å². The van der Waals surface area contributed by atoms with E-state index in [1.807, 2.05) is 0 Å². The zero-order chi connectivity index (χ0) is 13.1. The largest absolute Gasteiger partial charge is 0.364 e. The Morgan fingerprint density at radius 3 is 2.06 bits per heavy atom. The molecule has 2 N–H and O–H groups in total. The Labute approximate surface area is 110 Å². The summed E-state index contributed by atoms with van der Waals surface area (Å²) >= 11 is 0. The molecule has 0 unspecified atom stereocenters. The molecule has 0 aliphatic heterocycles. The third-order valence-electron chi connectivity index (χ3n) is 3.92. The lowest BCUT2D eigenvalue weighted by molar-refractivity contribution is 0.962. The van der Waals surface area contributed by atoms with Crippen LogP contribution in [0.5, 0.6) is 0 Å². The Hall–Kier alpha value is -1.44. The lowest BCUT2D eigenvalue weighted by Gasteiger charge is -2.06. The van der Waals surface area contributed by atoms with Gasteiger partial charge in [0.1, 0.15) is 0 Å². The van der Waals surface area contributed by atoms with Crippen molar-refractivity contribution in [3.8, 4) is 0 Å². The molecule has 0 aliphatic carbocycles. The first-order chi connectivity index (χ1) is 8.71. The molecule has 18 heavy (non-hydrogen) atoms. The highest BCUT2D eigenvalue weighted by Crippen LogP contribution is 2.22. The zero-order valence-corrected chi connectivity index (χ0v) is 12.0. The van der Waals surface area contributed by atoms with Gasteiger partial charge in [0.2, 0.25) is 0 Å². The van der Waals surface area contributed by atoms with Crippen LogP contribution in [0, 0.1) is 6.92 Å². The van der Waals surface area contributed by atoms with Crippen molar-refractivity contribution in [3.63, 3.8) is 0 Å². The number of nitrogens with one attached hydrogen (secondary N) is 2. The van der Waals surface area contributed by atoms with Gasteiger partial charge in [0.25, 0.3) is 0 Å². The van der Waals surface area contributed by atoms with Crippen LogP contribution in [-0.4, -0.2) is 9.97 Å². The number of hydrogen-bond acceptors (Lipinski definition) is 0. The van der Waals surface area contributed by atoms with Gasteiger partial charge in [0, 0.05) is 30.2 Å². The van der Waals surface area contributed by atoms with E-state index in [4.69, 9.17) is 0 Å². The molecule has 2 aromatic heterocycles. The predicted octanol–water partition coefficient (Wildman–Crippen LogP) is 3.93. The number of aromatic nitrogens is 2. The maximum absolute atomic E-state index is 3.47. The van der Waals surface area contributed by atoms with Crippen LogP contribution in [0.3, 0.4) is 0 Å². The molecular formula is C16H24N2. The molecule has 0 aromatic carbocycles. The first-order valence-corrected chi connectivity index (χ1v) is 7.04. The maximum atomic E-state index is 3.47. The average molecular weight is 244 g/mol. The lowest BCUT2D eigenvalue weighted by atomic mass is 10.0. The van der Waals surface area contributed by atoms with E-state index in [1.54, 1.807) is 0 Å². The van der Waals surface area contributed by atoms with Gasteiger partial charge in [0.05, 0.1) is 0 Å². The molecular weight excluding hydrogens is 220 g/mol. The van der Waals surface area contributed by atoms with Gasteiger partial charge in [-0.1, -0.05) is 20.8 Å². The summed E-state index contributed by atoms with van der Waals surface area (Å²) in [5.74, 6) is 0. The predicted molar refractivity (Wildman–Crippen MR) is 77.3 cm³/mol. The van der Waals surface area contributed by atoms with E-state index in [2.05, 4.69) is 50.1 Å². The summed E-state index contributed by atoms with van der Waals surface area (Å²) < 4.78 is 0. The second-order valence-corrected chi connectivity index (χ2v) is 4.94. The van der Waals surface area contributed by atoms with Gasteiger partial charge >= 0.3 is 0 Å². The number of aryl methyl sites for hydroxylation is 2. The summed E-state index contributed by atoms with van der Waals surface area (Å²) in [5.41, 5.74) is 8.58. The van der Waals surface area contributed by atoms with Gasteiger partial charge in [-0.25, -0.2) is 0 Å². The Morgan fingerprint density at radius 2 is 1.44 bits per heavy atom. The molecule has 0 spiro atoms. The van der Waals surface area contributed by atoms with E-state index in [0.717, 1.165) is 25.7 Å². The smallest absolute Gasteiger partial charge is 0.0284 e. The molecule has 0 saturated carbocycles. The Morgan fingerprint density at radius 1 is 0.833 bits per heavy atom. The van der Waals surface area contributed by atoms with Crippen molar-refractivity contribution in [1.82, 2.24) is 9.97 Å². The van der Waals surface area contributed by atoms with Crippen LogP contribution in [0.1, 0.15) is 54.4 Å². The molecule has 2 rings (SSSR count). The second kappa shape index (κ2) is 5.47. The van der Waals surface area contributed by atoms with Crippen molar-refractivity contribution in [1.29, 1.82) is 0 Å². The van der Waals surface area contributed by atoms with Crippen molar-refractivity contribution >= 4 is 0 Å². The molecule has 0 amide bonds. The Balaban J connectivity index is 2.31. The van der Waals surface area contributed by atoms with Gasteiger partial charge in [0.15, 0.2) is 0 Å². The van der Waals surface area contributed by atoms with E-state index in [9.17, 15) is 0 Å². The van der Waals surface area contributed by atoms with E-state index in [0.29, 0.717) is 0 Å². The maximum Gasteiger partial charge on any atom is 0.0284 e. The molecule has 2 heteroatoms. The number of H-pyrrole nitrogens is 2. The van der Waals surface area contributed by atoms with E-state index in [1.165, 1.54) is 33.6 Å². The van der Waals surface area contributed by atoms with Crippen molar-refractivity contribution in [2.75, 3.05) is 0 Å². The fraction of sp³-hybridized carbons (Fsp3) is 0.500. The summed E-state index contributed by atoms with van der Waals surface area (Å²) in [6.45, 7) is 8.88. The molecule has 98 valence electrons. The van der Waals surface area contributed by atoms with Crippen LogP contribution in [0.4, 0.5) is 0 Å². The summed E-state index contributed by atoms with van der Waals surface area (Å²) in [5, 5.41) is 0. The molecule has 0 fully saturated rings. The fourth-order valence-electron chi connectivity index (χ4n) is 2.89. The number of rotatable bonds is 5. The molecule has 0 radical (unpaired) electrons. The topological polar surface area (TPSA) is 31.6 Å². The van der Waals surface area contributed by atoms with Crippen molar-refractivity contribution in [2.24, 2.45) is 0 Å². The average Bonchev–Trinajstić information content (AvgIpc) is 2.93. The summed E-state index contributed by atoms with van der Waals surface area (Å²) in [6, 6.07) is 0. The van der Waals surface area contributed by atoms with Gasteiger partial charge < -0.3 is 9.97 Å². The van der Waals surface area contributed by atoms with Gasteiger partial charge in [-0.3, -0.25) is 0 Å². The van der Waals surface area contributed by atoms with E-state index in [-0.39, 0.29) is 0 Å². The Bertz CT molecular complexity index is 517. The van der Waals surface area contributed by atoms with Crippen molar-refractivity contribution in [3.05, 3.63) is 46.0 Å². The molecule has 2 nitrogen and oxygen atoms in total. The minimum Gasteiger partial charge on any atom is -0.364 e. The van der Waals surface area contributed by atoms with E-state index < -0.39 is 0 Å². The molecule has 2 heterocycles.